The van der Waals surface area contributed by atoms with E-state index in [4.69, 9.17) is 21.4 Å². The third-order valence-electron chi connectivity index (χ3n) is 5.76. The number of nitrogens with one attached hydrogen (secondary N) is 1. The van der Waals surface area contributed by atoms with Gasteiger partial charge in [0.2, 0.25) is 5.78 Å². The Balaban J connectivity index is 1.42. The smallest absolute Gasteiger partial charge is 0.407 e. The molecule has 1 aromatic carbocycles. The van der Waals surface area contributed by atoms with E-state index >= 15 is 0 Å². The molecule has 10 heteroatoms. The van der Waals surface area contributed by atoms with Gasteiger partial charge in [0.25, 0.3) is 0 Å². The first kappa shape index (κ1) is 20.3. The molecule has 0 atom stereocenters. The maximum Gasteiger partial charge on any atom is 0.407 e. The Morgan fingerprint density at radius 2 is 2.00 bits per heavy atom. The first-order valence-electron chi connectivity index (χ1n) is 10.0. The predicted octanol–water partition coefficient (Wildman–Crippen LogP) is 3.33. The van der Waals surface area contributed by atoms with Gasteiger partial charge >= 0.3 is 6.09 Å². The number of hydrogen-bond donors (Lipinski definition) is 3. The minimum Gasteiger partial charge on any atom is -0.507 e. The number of Topliss-reactive ketones (excluding diaryl/α,β-unsaturated/α-hetero) is 1. The molecule has 0 spiro atoms. The van der Waals surface area contributed by atoms with E-state index in [-0.39, 0.29) is 17.3 Å². The van der Waals surface area contributed by atoms with Gasteiger partial charge < -0.3 is 24.8 Å². The molecule has 2 aliphatic rings. The summed E-state index contributed by atoms with van der Waals surface area (Å²) < 4.78 is 5.94. The van der Waals surface area contributed by atoms with Crippen LogP contribution in [0.15, 0.2) is 36.2 Å². The molecular formula is C22H19ClN4O5. The Morgan fingerprint density at radius 1 is 1.22 bits per heavy atom. The fourth-order valence-electron chi connectivity index (χ4n) is 4.03. The van der Waals surface area contributed by atoms with Gasteiger partial charge in [-0.2, -0.15) is 0 Å². The Hall–Kier alpha value is -3.56. The van der Waals surface area contributed by atoms with E-state index in [2.05, 4.69) is 9.97 Å². The molecule has 3 aromatic rings. The van der Waals surface area contributed by atoms with Gasteiger partial charge in [-0.3, -0.25) is 9.69 Å². The average molecular weight is 455 g/mol. The molecule has 1 amide bonds. The first-order chi connectivity index (χ1) is 15.4. The van der Waals surface area contributed by atoms with Crippen LogP contribution in [0.1, 0.15) is 21.5 Å². The Morgan fingerprint density at radius 3 is 2.75 bits per heavy atom. The number of phenolic OH excluding ortho intramolecular Hbond substituents is 1. The molecule has 0 aliphatic carbocycles. The predicted molar refractivity (Wildman–Crippen MR) is 117 cm³/mol. The summed E-state index contributed by atoms with van der Waals surface area (Å²) >= 11 is 5.93. The number of aromatic amines is 1. The van der Waals surface area contributed by atoms with Gasteiger partial charge in [-0.25, -0.2) is 9.78 Å². The lowest BCUT2D eigenvalue weighted by atomic mass is 10.0. The van der Waals surface area contributed by atoms with Crippen molar-refractivity contribution in [1.29, 1.82) is 0 Å². The number of ether oxygens (including phenoxy) is 1. The van der Waals surface area contributed by atoms with Crippen molar-refractivity contribution in [3.8, 4) is 11.5 Å². The molecule has 0 unspecified atom stereocenters. The van der Waals surface area contributed by atoms with Crippen molar-refractivity contribution >= 4 is 40.6 Å². The number of piperazine rings is 1. The lowest BCUT2D eigenvalue weighted by Gasteiger charge is -2.33. The second kappa shape index (κ2) is 7.85. The Kier molecular flexibility index (Phi) is 4.99. The monoisotopic (exact) mass is 454 g/mol. The highest BCUT2D eigenvalue weighted by atomic mass is 35.5. The molecule has 0 saturated carbocycles. The molecule has 5 rings (SSSR count). The summed E-state index contributed by atoms with van der Waals surface area (Å²) in [6.07, 6.45) is 2.43. The van der Waals surface area contributed by atoms with Crippen molar-refractivity contribution in [2.24, 2.45) is 0 Å². The van der Waals surface area contributed by atoms with Crippen molar-refractivity contribution in [2.45, 2.75) is 6.54 Å². The van der Waals surface area contributed by atoms with E-state index in [1.165, 1.54) is 11.0 Å². The summed E-state index contributed by atoms with van der Waals surface area (Å²) in [5.41, 5.74) is 2.23. The number of phenols is 1. The number of hydrogen-bond acceptors (Lipinski definition) is 6. The van der Waals surface area contributed by atoms with Gasteiger partial charge in [0.15, 0.2) is 5.76 Å². The highest BCUT2D eigenvalue weighted by Crippen LogP contribution is 2.40. The number of carbonyl (C=O) groups excluding carboxylic acids is 1. The number of benzene rings is 1. The van der Waals surface area contributed by atoms with Crippen LogP contribution in [0.5, 0.6) is 11.5 Å². The van der Waals surface area contributed by atoms with Gasteiger partial charge in [0.05, 0.1) is 11.1 Å². The number of halogens is 1. The molecule has 0 bridgehead atoms. The average Bonchev–Trinajstić information content (AvgIpc) is 3.31. The number of H-pyrrole nitrogens is 1. The van der Waals surface area contributed by atoms with Crippen molar-refractivity contribution < 1.29 is 24.5 Å². The number of amides is 1. The minimum absolute atomic E-state index is 0.0319. The van der Waals surface area contributed by atoms with E-state index in [0.717, 1.165) is 10.9 Å². The second-order valence-corrected chi connectivity index (χ2v) is 8.09. The van der Waals surface area contributed by atoms with Crippen LogP contribution < -0.4 is 4.74 Å². The second-order valence-electron chi connectivity index (χ2n) is 7.70. The standard InChI is InChI=1S/C22H19ClN4O5/c23-18-4-2-13-12(10-24-21(13)25-18)9-17-19(29)14-1-3-16(28)15(20(14)32-17)11-26-5-7-27(8-6-26)22(30)31/h1-4,9-10,28H,5-8,11H2,(H,24,25)(H,30,31)/b17-9-. The molecule has 3 N–H and O–H groups in total. The fourth-order valence-corrected chi connectivity index (χ4v) is 4.18. The van der Waals surface area contributed by atoms with Gasteiger partial charge in [0.1, 0.15) is 22.3 Å². The maximum absolute atomic E-state index is 13.0. The van der Waals surface area contributed by atoms with Crippen LogP contribution in [0.4, 0.5) is 4.79 Å². The van der Waals surface area contributed by atoms with Gasteiger partial charge in [0, 0.05) is 49.9 Å². The third kappa shape index (κ3) is 3.55. The van der Waals surface area contributed by atoms with Crippen molar-refractivity contribution in [3.63, 3.8) is 0 Å². The SMILES string of the molecule is O=C1/C(=C/c2c[nH]c3nc(Cl)ccc23)Oc2c1ccc(O)c2CN1CCN(C(=O)O)CC1. The lowest BCUT2D eigenvalue weighted by Crippen LogP contribution is -2.47. The zero-order valence-electron chi connectivity index (χ0n) is 16.8. The molecule has 2 aromatic heterocycles. The van der Waals surface area contributed by atoms with E-state index in [0.29, 0.717) is 60.4 Å². The third-order valence-corrected chi connectivity index (χ3v) is 5.97. The van der Waals surface area contributed by atoms with Crippen LogP contribution >= 0.6 is 11.6 Å². The quantitative estimate of drug-likeness (QED) is 0.410. The van der Waals surface area contributed by atoms with E-state index < -0.39 is 6.09 Å². The Labute approximate surface area is 187 Å². The number of aromatic nitrogens is 2. The number of pyridine rings is 1. The maximum atomic E-state index is 13.0. The number of carboxylic acid groups (broad SMARTS) is 1. The van der Waals surface area contributed by atoms with Crippen molar-refractivity contribution in [1.82, 2.24) is 19.8 Å². The van der Waals surface area contributed by atoms with Crippen LogP contribution in [0, 0.1) is 0 Å². The summed E-state index contributed by atoms with van der Waals surface area (Å²) in [5.74, 6) is 0.249. The van der Waals surface area contributed by atoms with Crippen molar-refractivity contribution in [2.75, 3.05) is 26.2 Å². The molecule has 1 fully saturated rings. The largest absolute Gasteiger partial charge is 0.507 e. The van der Waals surface area contributed by atoms with Gasteiger partial charge in [-0.15, -0.1) is 0 Å². The number of fused-ring (bicyclic) bond motifs is 2. The number of aromatic hydroxyl groups is 1. The van der Waals surface area contributed by atoms with E-state index in [1.54, 1.807) is 24.4 Å². The summed E-state index contributed by atoms with van der Waals surface area (Å²) in [6.45, 7) is 2.16. The molecule has 9 nitrogen and oxygen atoms in total. The molecule has 4 heterocycles. The van der Waals surface area contributed by atoms with Crippen molar-refractivity contribution in [3.05, 3.63) is 58.1 Å². The number of nitrogens with zero attached hydrogens (tertiary/aromatic N) is 3. The molecular weight excluding hydrogens is 436 g/mol. The van der Waals surface area contributed by atoms with E-state index in [1.807, 2.05) is 11.0 Å². The van der Waals surface area contributed by atoms with Gasteiger partial charge in [-0.1, -0.05) is 11.6 Å². The summed E-state index contributed by atoms with van der Waals surface area (Å²) in [4.78, 5) is 34.7. The van der Waals surface area contributed by atoms with Crippen LogP contribution in [0.25, 0.3) is 17.1 Å². The molecule has 2 aliphatic heterocycles. The van der Waals surface area contributed by atoms with Crippen LogP contribution in [-0.4, -0.2) is 68.0 Å². The fraction of sp³-hybridized carbons (Fsp3) is 0.227. The summed E-state index contributed by atoms with van der Waals surface area (Å²) in [7, 11) is 0. The minimum atomic E-state index is -0.938. The lowest BCUT2D eigenvalue weighted by molar-refractivity contribution is 0.101. The number of carbonyl (C=O) groups is 2. The number of rotatable bonds is 3. The topological polar surface area (TPSA) is 119 Å². The first-order valence-corrected chi connectivity index (χ1v) is 10.4. The summed E-state index contributed by atoms with van der Waals surface area (Å²) in [6, 6.07) is 6.53. The zero-order chi connectivity index (χ0) is 22.4. The number of allylic oxidation sites excluding steroid dienone is 1. The molecule has 1 saturated heterocycles. The summed E-state index contributed by atoms with van der Waals surface area (Å²) in [5, 5.41) is 20.8. The zero-order valence-corrected chi connectivity index (χ0v) is 17.6. The van der Waals surface area contributed by atoms with Crippen LogP contribution in [0.3, 0.4) is 0 Å². The van der Waals surface area contributed by atoms with Crippen LogP contribution in [0.2, 0.25) is 5.15 Å². The van der Waals surface area contributed by atoms with E-state index in [9.17, 15) is 14.7 Å². The van der Waals surface area contributed by atoms with Crippen LogP contribution in [-0.2, 0) is 6.54 Å². The highest BCUT2D eigenvalue weighted by molar-refractivity contribution is 6.29. The highest BCUT2D eigenvalue weighted by Gasteiger charge is 2.32. The molecule has 32 heavy (non-hydrogen) atoms. The van der Waals surface area contributed by atoms with Gasteiger partial charge in [-0.05, 0) is 30.3 Å². The number of ketones is 1. The normalized spacial score (nSPS) is 17.7. The molecule has 0 radical (unpaired) electrons. The molecule has 164 valence electrons. The Bertz CT molecular complexity index is 1280.